The molecule has 1 aliphatic heterocycles. The van der Waals surface area contributed by atoms with E-state index in [1.165, 1.54) is 6.92 Å². The summed E-state index contributed by atoms with van der Waals surface area (Å²) in [5.74, 6) is -6.75. The number of nitrogens with one attached hydrogen (secondary N) is 1. The molecule has 190 valence electrons. The minimum Gasteiger partial charge on any atom is -0.309 e. The summed E-state index contributed by atoms with van der Waals surface area (Å²) in [5.41, 5.74) is 0.691. The maximum atomic E-state index is 14.6. The second kappa shape index (κ2) is 10.1. The van der Waals surface area contributed by atoms with E-state index in [1.807, 2.05) is 0 Å². The summed E-state index contributed by atoms with van der Waals surface area (Å²) < 4.78 is 82.0. The van der Waals surface area contributed by atoms with Gasteiger partial charge < -0.3 is 9.80 Å². The van der Waals surface area contributed by atoms with Gasteiger partial charge in [-0.1, -0.05) is 0 Å². The molecule has 1 fully saturated rings. The van der Waals surface area contributed by atoms with Gasteiger partial charge in [-0.05, 0) is 58.3 Å². The zero-order valence-electron chi connectivity index (χ0n) is 19.1. The molecule has 2 heterocycles. The van der Waals surface area contributed by atoms with E-state index in [-0.39, 0.29) is 18.1 Å². The van der Waals surface area contributed by atoms with Crippen LogP contribution in [0.1, 0.15) is 24.1 Å². The summed E-state index contributed by atoms with van der Waals surface area (Å²) in [5, 5.41) is 0.879. The number of benzene rings is 1. The van der Waals surface area contributed by atoms with Crippen molar-refractivity contribution < 1.29 is 35.9 Å². The lowest BCUT2D eigenvalue weighted by Gasteiger charge is -2.31. The molecule has 0 saturated carbocycles. The number of aromatic nitrogens is 1. The Balaban J connectivity index is 2.02. The summed E-state index contributed by atoms with van der Waals surface area (Å²) in [4.78, 5) is 32.3. The number of anilines is 2. The van der Waals surface area contributed by atoms with Crippen LogP contribution in [0, 0.1) is 24.4 Å². The molecule has 13 heteroatoms. The average molecular weight is 503 g/mol. The van der Waals surface area contributed by atoms with E-state index >= 15 is 0 Å². The van der Waals surface area contributed by atoms with Crippen LogP contribution in [0.3, 0.4) is 0 Å². The third-order valence-electron chi connectivity index (χ3n) is 5.29. The molecule has 0 radical (unpaired) electrons. The number of hydrogen-bond acceptors (Lipinski definition) is 5. The van der Waals surface area contributed by atoms with Crippen LogP contribution >= 0.6 is 0 Å². The smallest absolute Gasteiger partial charge is 0.309 e. The number of rotatable bonds is 7. The second-order valence-corrected chi connectivity index (χ2v) is 8.32. The van der Waals surface area contributed by atoms with Crippen molar-refractivity contribution in [2.75, 3.05) is 37.1 Å². The van der Waals surface area contributed by atoms with Crippen molar-refractivity contribution in [3.05, 3.63) is 53.0 Å². The average Bonchev–Trinajstić information content (AvgIpc) is 3.16. The van der Waals surface area contributed by atoms with Crippen molar-refractivity contribution in [2.45, 2.75) is 32.0 Å². The van der Waals surface area contributed by atoms with Crippen LogP contribution in [0.2, 0.25) is 0 Å². The Labute approximate surface area is 197 Å². The number of nitrogens with zero attached hydrogens (tertiary/aromatic N) is 4. The number of hydrazine groups is 1. The van der Waals surface area contributed by atoms with E-state index in [2.05, 4.69) is 10.4 Å². The number of alkyl halides is 3. The molecular weight excluding hydrogens is 480 g/mol. The molecule has 2 aromatic rings. The molecule has 0 aliphatic carbocycles. The zero-order valence-corrected chi connectivity index (χ0v) is 19.1. The van der Waals surface area contributed by atoms with Crippen molar-refractivity contribution in [3.8, 4) is 0 Å². The number of pyridine rings is 1. The van der Waals surface area contributed by atoms with Crippen LogP contribution in [-0.4, -0.2) is 54.9 Å². The molecule has 1 aromatic heterocycles. The quantitative estimate of drug-likeness (QED) is 0.464. The van der Waals surface area contributed by atoms with Gasteiger partial charge in [-0.2, -0.15) is 13.2 Å². The standard InChI is InChI=1S/C22H23F6N5O2/c1-12-9-13(22(26,27)28)10-17(29-12)33-16(11-18(34)30-33)21(35)32(8-4-7-31(2)3)15-6-5-14(23)19(24)20(15)25/h5-6,9-10,16H,4,7-8,11H2,1-3H3,(H,30,34). The number of hydrogen-bond donors (Lipinski definition) is 1. The Morgan fingerprint density at radius 1 is 1.14 bits per heavy atom. The molecule has 1 N–H and O–H groups in total. The van der Waals surface area contributed by atoms with Gasteiger partial charge in [0.25, 0.3) is 5.91 Å². The molecule has 0 spiro atoms. The molecule has 1 unspecified atom stereocenters. The van der Waals surface area contributed by atoms with Gasteiger partial charge in [-0.3, -0.25) is 20.0 Å². The van der Waals surface area contributed by atoms with Gasteiger partial charge in [0.05, 0.1) is 17.7 Å². The highest BCUT2D eigenvalue weighted by Crippen LogP contribution is 2.33. The Hall–Kier alpha value is -3.35. The van der Waals surface area contributed by atoms with Gasteiger partial charge >= 0.3 is 6.18 Å². The highest BCUT2D eigenvalue weighted by Gasteiger charge is 2.41. The van der Waals surface area contributed by atoms with Crippen LogP contribution in [0.5, 0.6) is 0 Å². The maximum absolute atomic E-state index is 14.6. The highest BCUT2D eigenvalue weighted by molar-refractivity contribution is 6.03. The largest absolute Gasteiger partial charge is 0.416 e. The van der Waals surface area contributed by atoms with Crippen LogP contribution in [0.25, 0.3) is 0 Å². The third kappa shape index (κ3) is 5.84. The predicted molar refractivity (Wildman–Crippen MR) is 115 cm³/mol. The molecule has 1 aliphatic rings. The molecule has 35 heavy (non-hydrogen) atoms. The van der Waals surface area contributed by atoms with E-state index in [0.29, 0.717) is 25.1 Å². The van der Waals surface area contributed by atoms with Crippen LogP contribution in [0.4, 0.5) is 37.8 Å². The van der Waals surface area contributed by atoms with E-state index in [9.17, 15) is 35.9 Å². The summed E-state index contributed by atoms with van der Waals surface area (Å²) in [6.45, 7) is 1.64. The SMILES string of the molecule is Cc1cc(C(F)(F)F)cc(N2NC(=O)CC2C(=O)N(CCCN(C)C)c2ccc(F)c(F)c2F)n1. The van der Waals surface area contributed by atoms with E-state index in [4.69, 9.17) is 0 Å². The lowest BCUT2D eigenvalue weighted by Crippen LogP contribution is -2.50. The van der Waals surface area contributed by atoms with Crippen LogP contribution in [-0.2, 0) is 15.8 Å². The molecule has 1 saturated heterocycles. The molecule has 1 atom stereocenters. The van der Waals surface area contributed by atoms with E-state index < -0.39 is 59.2 Å². The topological polar surface area (TPSA) is 68.8 Å². The molecule has 3 rings (SSSR count). The Morgan fingerprint density at radius 3 is 2.46 bits per heavy atom. The van der Waals surface area contributed by atoms with Crippen molar-refractivity contribution in [2.24, 2.45) is 0 Å². The van der Waals surface area contributed by atoms with Crippen LogP contribution < -0.4 is 15.3 Å². The second-order valence-electron chi connectivity index (χ2n) is 8.32. The molecule has 1 aromatic carbocycles. The minimum absolute atomic E-state index is 0.0170. The van der Waals surface area contributed by atoms with E-state index in [1.54, 1.807) is 19.0 Å². The fourth-order valence-electron chi connectivity index (χ4n) is 3.68. The van der Waals surface area contributed by atoms with Crippen molar-refractivity contribution in [3.63, 3.8) is 0 Å². The van der Waals surface area contributed by atoms with Crippen molar-refractivity contribution in [1.29, 1.82) is 0 Å². The van der Waals surface area contributed by atoms with Gasteiger partial charge in [0, 0.05) is 12.2 Å². The molecule has 2 amide bonds. The Kier molecular flexibility index (Phi) is 7.58. The van der Waals surface area contributed by atoms with Crippen molar-refractivity contribution >= 4 is 23.3 Å². The maximum Gasteiger partial charge on any atom is 0.416 e. The summed E-state index contributed by atoms with van der Waals surface area (Å²) in [6.07, 6.45) is -4.88. The van der Waals surface area contributed by atoms with E-state index in [0.717, 1.165) is 22.0 Å². The first-order valence-corrected chi connectivity index (χ1v) is 10.5. The first-order chi connectivity index (χ1) is 16.3. The summed E-state index contributed by atoms with van der Waals surface area (Å²) in [7, 11) is 3.51. The zero-order chi connectivity index (χ0) is 26.1. The first kappa shape index (κ1) is 26.3. The minimum atomic E-state index is -4.71. The lowest BCUT2D eigenvalue weighted by atomic mass is 10.1. The van der Waals surface area contributed by atoms with Crippen molar-refractivity contribution in [1.82, 2.24) is 15.3 Å². The fraction of sp³-hybridized carbons (Fsp3) is 0.409. The van der Waals surface area contributed by atoms with Crippen LogP contribution in [0.15, 0.2) is 24.3 Å². The fourth-order valence-corrected chi connectivity index (χ4v) is 3.68. The normalized spacial score (nSPS) is 16.1. The monoisotopic (exact) mass is 503 g/mol. The number of carbonyl (C=O) groups is 2. The van der Waals surface area contributed by atoms with Gasteiger partial charge in [-0.15, -0.1) is 0 Å². The number of carbonyl (C=O) groups excluding carboxylic acids is 2. The Morgan fingerprint density at radius 2 is 1.83 bits per heavy atom. The van der Waals surface area contributed by atoms with Gasteiger partial charge in [0.2, 0.25) is 5.91 Å². The molecular formula is C22H23F6N5O2. The number of aryl methyl sites for hydroxylation is 1. The molecule has 7 nitrogen and oxygen atoms in total. The third-order valence-corrected chi connectivity index (χ3v) is 5.29. The van der Waals surface area contributed by atoms with Gasteiger partial charge in [0.15, 0.2) is 17.5 Å². The summed E-state index contributed by atoms with van der Waals surface area (Å²) in [6, 6.07) is 1.62. The Bertz CT molecular complexity index is 1120. The predicted octanol–water partition coefficient (Wildman–Crippen LogP) is 3.42. The highest BCUT2D eigenvalue weighted by atomic mass is 19.4. The first-order valence-electron chi connectivity index (χ1n) is 10.5. The van der Waals surface area contributed by atoms with Gasteiger partial charge in [0.1, 0.15) is 11.9 Å². The number of amides is 2. The molecule has 0 bridgehead atoms. The summed E-state index contributed by atoms with van der Waals surface area (Å²) >= 11 is 0. The number of halogens is 6. The lowest BCUT2D eigenvalue weighted by molar-refractivity contribution is -0.137. The van der Waals surface area contributed by atoms with Gasteiger partial charge in [-0.25, -0.2) is 18.2 Å².